The second-order valence-electron chi connectivity index (χ2n) is 8.86. The Kier molecular flexibility index (Phi) is 8.50. The van der Waals surface area contributed by atoms with E-state index < -0.39 is 37.0 Å². The van der Waals surface area contributed by atoms with Crippen molar-refractivity contribution in [2.24, 2.45) is 0 Å². The zero-order valence-electron chi connectivity index (χ0n) is 20.8. The lowest BCUT2D eigenvalue weighted by Gasteiger charge is -2.48. The Morgan fingerprint density at radius 1 is 0.838 bits per heavy atom. The van der Waals surface area contributed by atoms with Gasteiger partial charge >= 0.3 is 0 Å². The van der Waals surface area contributed by atoms with E-state index >= 15 is 0 Å². The summed E-state index contributed by atoms with van der Waals surface area (Å²) in [5.41, 5.74) is 1.96. The van der Waals surface area contributed by atoms with Crippen LogP contribution >= 0.6 is 0 Å². The van der Waals surface area contributed by atoms with Gasteiger partial charge in [0.05, 0.1) is 26.9 Å². The molecule has 2 fully saturated rings. The Labute approximate surface area is 217 Å². The lowest BCUT2D eigenvalue weighted by Crippen LogP contribution is -2.64. The molecule has 6 atom stereocenters. The number of benzene rings is 3. The number of rotatable bonds is 10. The minimum Gasteiger partial charge on any atom is -0.497 e. The van der Waals surface area contributed by atoms with Crippen LogP contribution in [0.5, 0.6) is 11.5 Å². The molecule has 7 heteroatoms. The maximum atomic E-state index is 6.44. The highest BCUT2D eigenvalue weighted by Crippen LogP contribution is 2.37. The summed E-state index contributed by atoms with van der Waals surface area (Å²) in [5, 5.41) is 0. The number of methoxy groups -OCH3 is 1. The van der Waals surface area contributed by atoms with E-state index in [0.29, 0.717) is 25.6 Å². The van der Waals surface area contributed by atoms with Crippen LogP contribution in [0, 0.1) is 0 Å². The zero-order valence-corrected chi connectivity index (χ0v) is 20.8. The molecular formula is C30H32O7. The van der Waals surface area contributed by atoms with E-state index in [0.717, 1.165) is 16.9 Å². The largest absolute Gasteiger partial charge is 0.497 e. The van der Waals surface area contributed by atoms with Crippen LogP contribution in [0.1, 0.15) is 17.4 Å². The lowest BCUT2D eigenvalue weighted by molar-refractivity contribution is -0.359. The van der Waals surface area contributed by atoms with E-state index in [-0.39, 0.29) is 0 Å². The van der Waals surface area contributed by atoms with Crippen LogP contribution in [0.15, 0.2) is 97.6 Å². The van der Waals surface area contributed by atoms with Gasteiger partial charge in [0, 0.05) is 5.56 Å². The van der Waals surface area contributed by atoms with Crippen LogP contribution in [-0.4, -0.2) is 51.0 Å². The first-order chi connectivity index (χ1) is 18.2. The molecule has 0 amide bonds. The van der Waals surface area contributed by atoms with Crippen molar-refractivity contribution >= 4 is 0 Å². The smallest absolute Gasteiger partial charge is 0.229 e. The second kappa shape index (κ2) is 12.4. The minimum atomic E-state index is -0.756. The monoisotopic (exact) mass is 504 g/mol. The van der Waals surface area contributed by atoms with E-state index in [1.807, 2.05) is 84.9 Å². The average molecular weight is 505 g/mol. The summed E-state index contributed by atoms with van der Waals surface area (Å²) in [7, 11) is 1.63. The normalized spacial score (nSPS) is 27.2. The van der Waals surface area contributed by atoms with Crippen LogP contribution in [0.4, 0.5) is 0 Å². The fourth-order valence-electron chi connectivity index (χ4n) is 4.52. The molecule has 5 rings (SSSR count). The lowest BCUT2D eigenvalue weighted by atomic mass is 9.97. The molecule has 194 valence electrons. The van der Waals surface area contributed by atoms with Crippen LogP contribution in [-0.2, 0) is 30.3 Å². The Morgan fingerprint density at radius 3 is 2.24 bits per heavy atom. The first kappa shape index (κ1) is 25.4. The standard InChI is InChI=1S/C30H32O7/c1-3-18-32-27-26-25(20-34-29(37-26)22-12-8-5-9-13-22)36-30(35-24-16-14-23(31-2)15-17-24)28(27)33-19-21-10-6-4-7-11-21/h3-17,25-30H,1,18-20H2,2H3. The van der Waals surface area contributed by atoms with Gasteiger partial charge in [-0.2, -0.15) is 0 Å². The number of ether oxygens (including phenoxy) is 7. The highest BCUT2D eigenvalue weighted by Gasteiger charge is 2.52. The average Bonchev–Trinajstić information content (AvgIpc) is 2.96. The van der Waals surface area contributed by atoms with Crippen molar-refractivity contribution in [3.63, 3.8) is 0 Å². The summed E-state index contributed by atoms with van der Waals surface area (Å²) in [6, 6.07) is 27.2. The first-order valence-corrected chi connectivity index (χ1v) is 12.4. The molecule has 3 aromatic carbocycles. The first-order valence-electron chi connectivity index (χ1n) is 12.4. The Bertz CT molecular complexity index is 1110. The van der Waals surface area contributed by atoms with Crippen molar-refractivity contribution in [1.82, 2.24) is 0 Å². The third kappa shape index (κ3) is 6.21. The number of hydrogen-bond donors (Lipinski definition) is 0. The highest BCUT2D eigenvalue weighted by molar-refractivity contribution is 5.31. The predicted molar refractivity (Wildman–Crippen MR) is 137 cm³/mol. The zero-order chi connectivity index (χ0) is 25.5. The quantitative estimate of drug-likeness (QED) is 0.357. The van der Waals surface area contributed by atoms with Crippen molar-refractivity contribution in [2.75, 3.05) is 20.3 Å². The third-order valence-corrected chi connectivity index (χ3v) is 6.36. The van der Waals surface area contributed by atoms with Crippen LogP contribution < -0.4 is 9.47 Å². The van der Waals surface area contributed by atoms with Crippen LogP contribution in [0.3, 0.4) is 0 Å². The molecule has 0 spiro atoms. The van der Waals surface area contributed by atoms with E-state index in [1.165, 1.54) is 0 Å². The molecule has 2 aliphatic rings. The molecule has 6 unspecified atom stereocenters. The summed E-state index contributed by atoms with van der Waals surface area (Å²) in [4.78, 5) is 0. The van der Waals surface area contributed by atoms with Gasteiger partial charge in [-0.25, -0.2) is 0 Å². The van der Waals surface area contributed by atoms with Gasteiger partial charge in [0.15, 0.2) is 6.29 Å². The van der Waals surface area contributed by atoms with Crippen molar-refractivity contribution in [1.29, 1.82) is 0 Å². The summed E-state index contributed by atoms with van der Waals surface area (Å²) in [6.45, 7) is 4.84. The van der Waals surface area contributed by atoms with E-state index in [2.05, 4.69) is 6.58 Å². The van der Waals surface area contributed by atoms with Gasteiger partial charge in [0.2, 0.25) is 6.29 Å². The molecule has 37 heavy (non-hydrogen) atoms. The number of fused-ring (bicyclic) bond motifs is 1. The molecule has 2 heterocycles. The van der Waals surface area contributed by atoms with E-state index in [1.54, 1.807) is 13.2 Å². The molecule has 0 N–H and O–H groups in total. The molecule has 0 radical (unpaired) electrons. The molecule has 2 saturated heterocycles. The third-order valence-electron chi connectivity index (χ3n) is 6.36. The highest BCUT2D eigenvalue weighted by atomic mass is 16.8. The molecular weight excluding hydrogens is 472 g/mol. The fraction of sp³-hybridized carbons (Fsp3) is 0.333. The van der Waals surface area contributed by atoms with Crippen molar-refractivity contribution in [3.8, 4) is 11.5 Å². The van der Waals surface area contributed by atoms with Gasteiger partial charge in [-0.1, -0.05) is 66.7 Å². The molecule has 2 aliphatic heterocycles. The summed E-state index contributed by atoms with van der Waals surface area (Å²) in [6.07, 6.45) is -1.49. The number of hydrogen-bond acceptors (Lipinski definition) is 7. The minimum absolute atomic E-state index is 0.325. The summed E-state index contributed by atoms with van der Waals surface area (Å²) in [5.74, 6) is 1.36. The topological polar surface area (TPSA) is 64.6 Å². The van der Waals surface area contributed by atoms with Gasteiger partial charge in [-0.3, -0.25) is 0 Å². The molecule has 0 aromatic heterocycles. The van der Waals surface area contributed by atoms with Crippen molar-refractivity contribution < 1.29 is 33.2 Å². The Hall–Kier alpha value is -3.20. The Morgan fingerprint density at radius 2 is 1.54 bits per heavy atom. The SMILES string of the molecule is C=CCOC1C2OC(c3ccccc3)OCC2OC(Oc2ccc(OC)cc2)C1OCc1ccccc1. The predicted octanol–water partition coefficient (Wildman–Crippen LogP) is 5.07. The van der Waals surface area contributed by atoms with Gasteiger partial charge in [0.25, 0.3) is 0 Å². The van der Waals surface area contributed by atoms with Gasteiger partial charge in [0.1, 0.15) is 35.9 Å². The molecule has 0 saturated carbocycles. The van der Waals surface area contributed by atoms with Gasteiger partial charge < -0.3 is 33.2 Å². The van der Waals surface area contributed by atoms with Crippen LogP contribution in [0.25, 0.3) is 0 Å². The molecule has 7 nitrogen and oxygen atoms in total. The van der Waals surface area contributed by atoms with Gasteiger partial charge in [-0.05, 0) is 29.8 Å². The Balaban J connectivity index is 1.41. The fourth-order valence-corrected chi connectivity index (χ4v) is 4.52. The summed E-state index contributed by atoms with van der Waals surface area (Å²) >= 11 is 0. The molecule has 0 aliphatic carbocycles. The van der Waals surface area contributed by atoms with Crippen LogP contribution in [0.2, 0.25) is 0 Å². The molecule has 3 aromatic rings. The van der Waals surface area contributed by atoms with Crippen molar-refractivity contribution in [3.05, 3.63) is 109 Å². The second-order valence-corrected chi connectivity index (χ2v) is 8.86. The van der Waals surface area contributed by atoms with Crippen molar-refractivity contribution in [2.45, 2.75) is 43.6 Å². The van der Waals surface area contributed by atoms with E-state index in [9.17, 15) is 0 Å². The maximum Gasteiger partial charge on any atom is 0.229 e. The van der Waals surface area contributed by atoms with E-state index in [4.69, 9.17) is 33.2 Å². The maximum absolute atomic E-state index is 6.44. The molecule has 0 bridgehead atoms. The van der Waals surface area contributed by atoms with Gasteiger partial charge in [-0.15, -0.1) is 6.58 Å². The summed E-state index contributed by atoms with van der Waals surface area (Å²) < 4.78 is 43.2.